The summed E-state index contributed by atoms with van der Waals surface area (Å²) in [6, 6.07) is 6.55. The van der Waals surface area contributed by atoms with Crippen LogP contribution in [0.3, 0.4) is 0 Å². The molecule has 3 rings (SSSR count). The monoisotopic (exact) mass is 395 g/mol. The van der Waals surface area contributed by atoms with Crippen LogP contribution in [0.2, 0.25) is 0 Å². The lowest BCUT2D eigenvalue weighted by Gasteiger charge is -2.08. The number of carboxylic acid groups (broad SMARTS) is 1. The molecular formula is C14H10IN3O3. The number of fused-ring (bicyclic) bond motifs is 1. The zero-order valence-electron chi connectivity index (χ0n) is 10.9. The molecule has 0 spiro atoms. The maximum absolute atomic E-state index is 11.0. The van der Waals surface area contributed by atoms with Crippen LogP contribution in [0.15, 0.2) is 36.8 Å². The Morgan fingerprint density at radius 3 is 2.90 bits per heavy atom. The van der Waals surface area contributed by atoms with Crippen molar-refractivity contribution in [3.8, 4) is 11.6 Å². The van der Waals surface area contributed by atoms with E-state index in [1.54, 1.807) is 18.6 Å². The Balaban J connectivity index is 2.06. The third-order valence-corrected chi connectivity index (χ3v) is 3.89. The van der Waals surface area contributed by atoms with Gasteiger partial charge in [0, 0.05) is 13.2 Å². The van der Waals surface area contributed by atoms with Gasteiger partial charge >= 0.3 is 5.97 Å². The lowest BCUT2D eigenvalue weighted by molar-refractivity contribution is 0.0696. The summed E-state index contributed by atoms with van der Waals surface area (Å²) in [5, 5.41) is 9.05. The molecule has 0 saturated carbocycles. The first-order valence-electron chi connectivity index (χ1n) is 6.03. The van der Waals surface area contributed by atoms with Crippen LogP contribution in [-0.4, -0.2) is 25.6 Å². The number of hydrogen-bond acceptors (Lipinski definition) is 4. The molecule has 0 bridgehead atoms. The first kappa shape index (κ1) is 13.8. The second-order valence-corrected chi connectivity index (χ2v) is 5.55. The number of carboxylic acids is 1. The third kappa shape index (κ3) is 2.56. The minimum Gasteiger partial charge on any atom is -0.478 e. The van der Waals surface area contributed by atoms with Crippen molar-refractivity contribution in [2.24, 2.45) is 7.05 Å². The predicted molar refractivity (Wildman–Crippen MR) is 84.7 cm³/mol. The van der Waals surface area contributed by atoms with Gasteiger partial charge in [-0.2, -0.15) is 0 Å². The van der Waals surface area contributed by atoms with Crippen LogP contribution < -0.4 is 4.74 Å². The van der Waals surface area contributed by atoms with Crippen molar-refractivity contribution in [3.63, 3.8) is 0 Å². The van der Waals surface area contributed by atoms with Gasteiger partial charge in [-0.25, -0.2) is 14.8 Å². The van der Waals surface area contributed by atoms with Gasteiger partial charge in [0.2, 0.25) is 5.88 Å². The molecule has 0 fully saturated rings. The summed E-state index contributed by atoms with van der Waals surface area (Å²) in [6.07, 6.45) is 3.31. The fraction of sp³-hybridized carbons (Fsp3) is 0.0714. The molecule has 0 saturated heterocycles. The second kappa shape index (κ2) is 5.32. The molecule has 1 N–H and O–H groups in total. The average molecular weight is 395 g/mol. The lowest BCUT2D eigenvalue weighted by Crippen LogP contribution is -1.98. The van der Waals surface area contributed by atoms with Crippen LogP contribution in [0.4, 0.5) is 0 Å². The van der Waals surface area contributed by atoms with Gasteiger partial charge in [0.15, 0.2) is 5.52 Å². The van der Waals surface area contributed by atoms with E-state index >= 15 is 0 Å². The van der Waals surface area contributed by atoms with Crippen LogP contribution in [0.5, 0.6) is 11.6 Å². The van der Waals surface area contributed by atoms with E-state index in [0.29, 0.717) is 17.1 Å². The van der Waals surface area contributed by atoms with Crippen molar-refractivity contribution < 1.29 is 14.6 Å². The highest BCUT2D eigenvalue weighted by Crippen LogP contribution is 2.30. The maximum atomic E-state index is 11.0. The standard InChI is InChI=1S/C14H10IN3O3/c1-18-7-17-12-10(18)4-5-16-13(12)21-11-6-8(14(19)20)2-3-9(11)15/h2-7H,1H3,(H,19,20). The topological polar surface area (TPSA) is 77.2 Å². The van der Waals surface area contributed by atoms with E-state index in [9.17, 15) is 4.79 Å². The second-order valence-electron chi connectivity index (χ2n) is 4.39. The van der Waals surface area contributed by atoms with E-state index in [1.165, 1.54) is 12.1 Å². The molecule has 0 aliphatic carbocycles. The fourth-order valence-electron chi connectivity index (χ4n) is 1.93. The van der Waals surface area contributed by atoms with Gasteiger partial charge in [-0.15, -0.1) is 0 Å². The highest BCUT2D eigenvalue weighted by Gasteiger charge is 2.13. The summed E-state index contributed by atoms with van der Waals surface area (Å²) in [6.45, 7) is 0. The summed E-state index contributed by atoms with van der Waals surface area (Å²) in [4.78, 5) is 19.5. The zero-order valence-corrected chi connectivity index (χ0v) is 13.1. The molecule has 0 aliphatic rings. The number of pyridine rings is 1. The highest BCUT2D eigenvalue weighted by molar-refractivity contribution is 14.1. The first-order chi connectivity index (χ1) is 10.1. The van der Waals surface area contributed by atoms with Crippen LogP contribution in [0.1, 0.15) is 10.4 Å². The number of rotatable bonds is 3. The van der Waals surface area contributed by atoms with E-state index in [0.717, 1.165) is 9.09 Å². The van der Waals surface area contributed by atoms with Gasteiger partial charge in [-0.05, 0) is 46.9 Å². The number of halogens is 1. The van der Waals surface area contributed by atoms with Crippen LogP contribution in [0, 0.1) is 3.57 Å². The zero-order chi connectivity index (χ0) is 15.0. The Morgan fingerprint density at radius 2 is 2.14 bits per heavy atom. The van der Waals surface area contributed by atoms with Crippen molar-refractivity contribution in [2.45, 2.75) is 0 Å². The molecule has 7 heteroatoms. The Bertz CT molecular complexity index is 845. The fourth-order valence-corrected chi connectivity index (χ4v) is 2.38. The number of benzene rings is 1. The lowest BCUT2D eigenvalue weighted by atomic mass is 10.2. The number of imidazole rings is 1. The first-order valence-corrected chi connectivity index (χ1v) is 7.11. The molecular weight excluding hydrogens is 385 g/mol. The number of ether oxygens (including phenoxy) is 1. The molecule has 0 amide bonds. The van der Waals surface area contributed by atoms with Gasteiger partial charge in [0.25, 0.3) is 0 Å². The molecule has 21 heavy (non-hydrogen) atoms. The molecule has 2 aromatic heterocycles. The van der Waals surface area contributed by atoms with Crippen molar-refractivity contribution in [1.82, 2.24) is 14.5 Å². The quantitative estimate of drug-likeness (QED) is 0.690. The molecule has 0 atom stereocenters. The van der Waals surface area contributed by atoms with Crippen molar-refractivity contribution >= 4 is 39.6 Å². The Morgan fingerprint density at radius 1 is 1.33 bits per heavy atom. The van der Waals surface area contributed by atoms with E-state index in [2.05, 4.69) is 32.6 Å². The van der Waals surface area contributed by atoms with E-state index < -0.39 is 5.97 Å². The number of carbonyl (C=O) groups is 1. The Kier molecular flexibility index (Phi) is 3.50. The molecule has 1 aromatic carbocycles. The normalized spacial score (nSPS) is 10.8. The number of aromatic nitrogens is 3. The van der Waals surface area contributed by atoms with Crippen molar-refractivity contribution in [1.29, 1.82) is 0 Å². The number of aromatic carboxylic acids is 1. The van der Waals surface area contributed by atoms with Crippen LogP contribution in [-0.2, 0) is 7.05 Å². The number of nitrogens with zero attached hydrogens (tertiary/aromatic N) is 3. The van der Waals surface area contributed by atoms with Crippen molar-refractivity contribution in [3.05, 3.63) is 45.9 Å². The van der Waals surface area contributed by atoms with Gasteiger partial charge in [0.05, 0.1) is 21.0 Å². The minimum atomic E-state index is -1.000. The van der Waals surface area contributed by atoms with Crippen LogP contribution >= 0.6 is 22.6 Å². The summed E-state index contributed by atoms with van der Waals surface area (Å²) < 4.78 is 8.43. The molecule has 0 unspecified atom stereocenters. The van der Waals surface area contributed by atoms with Gasteiger partial charge in [-0.1, -0.05) is 0 Å². The molecule has 106 valence electrons. The van der Waals surface area contributed by atoms with E-state index in [-0.39, 0.29) is 5.56 Å². The number of hydrogen-bond donors (Lipinski definition) is 1. The summed E-state index contributed by atoms with van der Waals surface area (Å²) >= 11 is 2.08. The third-order valence-electron chi connectivity index (χ3n) is 2.99. The van der Waals surface area contributed by atoms with Gasteiger partial charge in [-0.3, -0.25) is 0 Å². The Hall–Kier alpha value is -2.16. The smallest absolute Gasteiger partial charge is 0.335 e. The molecule has 0 aliphatic heterocycles. The Labute approximate surface area is 133 Å². The maximum Gasteiger partial charge on any atom is 0.335 e. The van der Waals surface area contributed by atoms with Crippen molar-refractivity contribution in [2.75, 3.05) is 0 Å². The number of aryl methyl sites for hydroxylation is 1. The molecule has 3 aromatic rings. The average Bonchev–Trinajstić information content (AvgIpc) is 2.84. The molecule has 2 heterocycles. The highest BCUT2D eigenvalue weighted by atomic mass is 127. The van der Waals surface area contributed by atoms with Crippen LogP contribution in [0.25, 0.3) is 11.0 Å². The minimum absolute atomic E-state index is 0.165. The van der Waals surface area contributed by atoms with E-state index in [1.807, 2.05) is 17.7 Å². The molecule has 0 radical (unpaired) electrons. The van der Waals surface area contributed by atoms with Gasteiger partial charge in [0.1, 0.15) is 5.75 Å². The van der Waals surface area contributed by atoms with Gasteiger partial charge < -0.3 is 14.4 Å². The summed E-state index contributed by atoms with van der Waals surface area (Å²) in [5.74, 6) is -0.199. The predicted octanol–water partition coefficient (Wildman–Crippen LogP) is 3.06. The van der Waals surface area contributed by atoms with E-state index in [4.69, 9.17) is 9.84 Å². The SMILES string of the molecule is Cn1cnc2c(Oc3cc(C(=O)O)ccc3I)nccc21. The summed E-state index contributed by atoms with van der Waals surface area (Å²) in [5.41, 5.74) is 1.69. The largest absolute Gasteiger partial charge is 0.478 e. The molecule has 6 nitrogen and oxygen atoms in total. The summed E-state index contributed by atoms with van der Waals surface area (Å²) in [7, 11) is 1.88.